The maximum Gasteiger partial charge on any atom is 0.162 e. The minimum Gasteiger partial charge on any atom is -0.393 e. The van der Waals surface area contributed by atoms with Gasteiger partial charge in [-0.3, -0.25) is 4.98 Å². The van der Waals surface area contributed by atoms with E-state index in [2.05, 4.69) is 33.2 Å². The van der Waals surface area contributed by atoms with E-state index in [0.717, 1.165) is 40.7 Å². The number of nitrogens with one attached hydrogen (secondary N) is 2. The number of rotatable bonds is 7. The molecule has 0 amide bonds. The number of aromatic nitrogens is 3. The maximum atomic E-state index is 7.84. The minimum absolute atomic E-state index is 0.428. The van der Waals surface area contributed by atoms with Crippen LogP contribution in [0.25, 0.3) is 17.3 Å². The predicted octanol–water partition coefficient (Wildman–Crippen LogP) is 4.37. The van der Waals surface area contributed by atoms with Crippen molar-refractivity contribution in [2.24, 2.45) is 10.9 Å². The molecule has 0 radical (unpaired) electrons. The average molecular weight is 362 g/mol. The van der Waals surface area contributed by atoms with Crippen molar-refractivity contribution in [1.82, 2.24) is 20.1 Å². The molecule has 27 heavy (non-hydrogen) atoms. The molecule has 6 nitrogen and oxygen atoms in total. The smallest absolute Gasteiger partial charge is 0.162 e. The molecule has 2 heterocycles. The van der Waals surface area contributed by atoms with Gasteiger partial charge in [-0.2, -0.15) is 5.10 Å². The summed E-state index contributed by atoms with van der Waals surface area (Å²) in [5.74, 6) is 1.11. The van der Waals surface area contributed by atoms with E-state index in [1.807, 2.05) is 38.8 Å². The highest BCUT2D eigenvalue weighted by molar-refractivity contribution is 5.85. The second-order valence-corrected chi connectivity index (χ2v) is 6.83. The summed E-state index contributed by atoms with van der Waals surface area (Å²) in [4.78, 5) is 8.51. The van der Waals surface area contributed by atoms with Gasteiger partial charge in [0.1, 0.15) is 0 Å². The average Bonchev–Trinajstić information content (AvgIpc) is 3.34. The first-order valence-corrected chi connectivity index (χ1v) is 9.24. The zero-order chi connectivity index (χ0) is 19.2. The van der Waals surface area contributed by atoms with Crippen molar-refractivity contribution in [3.8, 4) is 11.1 Å². The second kappa shape index (κ2) is 8.58. The lowest BCUT2D eigenvalue weighted by molar-refractivity contribution is 0.652. The molecule has 0 unspecified atom stereocenters. The molecule has 3 rings (SSSR count). The van der Waals surface area contributed by atoms with E-state index in [1.165, 1.54) is 19.1 Å². The van der Waals surface area contributed by atoms with Gasteiger partial charge in [0.25, 0.3) is 0 Å². The lowest BCUT2D eigenvalue weighted by Crippen LogP contribution is -2.08. The van der Waals surface area contributed by atoms with E-state index in [-0.39, 0.29) is 0 Å². The number of aliphatic imine (C=N–C) groups is 1. The number of allylic oxidation sites excluding steroid dienone is 2. The molecule has 2 aromatic heterocycles. The fourth-order valence-corrected chi connectivity index (χ4v) is 3.66. The van der Waals surface area contributed by atoms with E-state index < -0.39 is 0 Å². The first-order chi connectivity index (χ1) is 13.2. The first kappa shape index (κ1) is 18.8. The van der Waals surface area contributed by atoms with Crippen LogP contribution >= 0.6 is 0 Å². The van der Waals surface area contributed by atoms with E-state index >= 15 is 0 Å². The highest BCUT2D eigenvalue weighted by Gasteiger charge is 2.22. The highest BCUT2D eigenvalue weighted by atomic mass is 15.3. The number of pyridine rings is 1. The molecule has 0 atom stereocenters. The molecule has 0 spiro atoms. The Morgan fingerprint density at radius 2 is 2.11 bits per heavy atom. The third-order valence-electron chi connectivity index (χ3n) is 4.95. The third kappa shape index (κ3) is 4.05. The molecule has 1 aliphatic carbocycles. The number of hydrogen-bond donors (Lipinski definition) is 2. The fraction of sp³-hybridized carbons (Fsp3) is 0.333. The van der Waals surface area contributed by atoms with Crippen LogP contribution in [0.1, 0.15) is 31.2 Å². The summed E-state index contributed by atoms with van der Waals surface area (Å²) in [5.41, 5.74) is 4.93. The Labute approximate surface area is 160 Å². The Balaban J connectivity index is 2.08. The molecular formula is C21H26N6. The predicted molar refractivity (Wildman–Crippen MR) is 112 cm³/mol. The van der Waals surface area contributed by atoms with Crippen LogP contribution in [0, 0.1) is 18.3 Å². The Kier molecular flexibility index (Phi) is 5.96. The van der Waals surface area contributed by atoms with Gasteiger partial charge >= 0.3 is 0 Å². The molecule has 0 bridgehead atoms. The molecule has 0 aromatic carbocycles. The van der Waals surface area contributed by atoms with Gasteiger partial charge in [-0.15, -0.1) is 0 Å². The first-order valence-electron chi connectivity index (χ1n) is 9.24. The molecule has 1 saturated carbocycles. The van der Waals surface area contributed by atoms with Crippen molar-refractivity contribution >= 4 is 24.9 Å². The molecule has 6 heteroatoms. The van der Waals surface area contributed by atoms with Crippen LogP contribution in [0.4, 0.5) is 5.82 Å². The summed E-state index contributed by atoms with van der Waals surface area (Å²) in [5, 5.41) is 15.4. The van der Waals surface area contributed by atoms with E-state index in [1.54, 1.807) is 10.9 Å². The number of hydrogen-bond acceptors (Lipinski definition) is 5. The molecule has 2 aromatic rings. The second-order valence-electron chi connectivity index (χ2n) is 6.83. The number of aryl methyl sites for hydroxylation is 1. The quantitative estimate of drug-likeness (QED) is 0.567. The normalized spacial score (nSPS) is 15.8. The van der Waals surface area contributed by atoms with Crippen LogP contribution in [-0.2, 0) is 0 Å². The zero-order valence-corrected chi connectivity index (χ0v) is 15.9. The van der Waals surface area contributed by atoms with Gasteiger partial charge in [0, 0.05) is 54.8 Å². The lowest BCUT2D eigenvalue weighted by Gasteiger charge is -2.16. The molecule has 0 saturated heterocycles. The topological polar surface area (TPSA) is 79.0 Å². The van der Waals surface area contributed by atoms with Crippen molar-refractivity contribution in [2.45, 2.75) is 32.6 Å². The van der Waals surface area contributed by atoms with Gasteiger partial charge < -0.3 is 10.7 Å². The van der Waals surface area contributed by atoms with Gasteiger partial charge in [-0.1, -0.05) is 12.8 Å². The van der Waals surface area contributed by atoms with Crippen LogP contribution in [0.2, 0.25) is 0 Å². The highest BCUT2D eigenvalue weighted by Crippen LogP contribution is 2.36. The summed E-state index contributed by atoms with van der Waals surface area (Å²) >= 11 is 0. The summed E-state index contributed by atoms with van der Waals surface area (Å²) in [6.07, 6.45) is 15.4. The zero-order valence-electron chi connectivity index (χ0n) is 15.9. The number of nitrogens with zero attached hydrogens (tertiary/aromatic N) is 4. The van der Waals surface area contributed by atoms with Gasteiger partial charge in [0.15, 0.2) is 5.82 Å². The Morgan fingerprint density at radius 1 is 1.33 bits per heavy atom. The van der Waals surface area contributed by atoms with E-state index in [9.17, 15) is 0 Å². The monoisotopic (exact) mass is 362 g/mol. The Hall–Kier alpha value is -3.02. The minimum atomic E-state index is 0.428. The third-order valence-corrected chi connectivity index (χ3v) is 4.95. The maximum absolute atomic E-state index is 7.84. The van der Waals surface area contributed by atoms with Crippen molar-refractivity contribution in [3.05, 3.63) is 47.6 Å². The van der Waals surface area contributed by atoms with Crippen LogP contribution in [0.3, 0.4) is 0 Å². The Bertz CT molecular complexity index is 884. The standard InChI is InChI=1S/C21H26N6/c1-15-8-17(12-25-10-15)19-13-26-27(21(19)24-3)14-20(16-6-4-5-7-16)18(9-22)11-23-2/h8-14,16,22-23H,3-7H2,1-2H3/b18-11+,20-14+,22-9?. The van der Waals surface area contributed by atoms with Gasteiger partial charge in [0.05, 0.1) is 6.20 Å². The summed E-state index contributed by atoms with van der Waals surface area (Å²) in [6.45, 7) is 5.76. The SMILES string of the molecule is C=Nc1c(-c2cncc(C)c2)cnn1/C=C(/C(C=N)=C/NC)C1CCCC1. The Morgan fingerprint density at radius 3 is 2.74 bits per heavy atom. The summed E-state index contributed by atoms with van der Waals surface area (Å²) in [6, 6.07) is 2.06. The van der Waals surface area contributed by atoms with Crippen molar-refractivity contribution in [1.29, 1.82) is 5.41 Å². The molecular weight excluding hydrogens is 336 g/mol. The van der Waals surface area contributed by atoms with Crippen LogP contribution in [0.15, 0.2) is 47.0 Å². The van der Waals surface area contributed by atoms with Crippen molar-refractivity contribution < 1.29 is 0 Å². The van der Waals surface area contributed by atoms with Gasteiger partial charge in [0.2, 0.25) is 0 Å². The fourth-order valence-electron chi connectivity index (χ4n) is 3.66. The van der Waals surface area contributed by atoms with Crippen molar-refractivity contribution in [3.63, 3.8) is 0 Å². The molecule has 140 valence electrons. The molecule has 2 N–H and O–H groups in total. The molecule has 1 aliphatic rings. The van der Waals surface area contributed by atoms with E-state index in [4.69, 9.17) is 5.41 Å². The molecule has 0 aliphatic heterocycles. The summed E-state index contributed by atoms with van der Waals surface area (Å²) in [7, 11) is 1.85. The van der Waals surface area contributed by atoms with Crippen LogP contribution in [0.5, 0.6) is 0 Å². The van der Waals surface area contributed by atoms with Gasteiger partial charge in [-0.25, -0.2) is 9.67 Å². The summed E-state index contributed by atoms with van der Waals surface area (Å²) < 4.78 is 1.77. The largest absolute Gasteiger partial charge is 0.393 e. The molecule has 1 fully saturated rings. The van der Waals surface area contributed by atoms with Gasteiger partial charge in [-0.05, 0) is 49.6 Å². The van der Waals surface area contributed by atoms with E-state index in [0.29, 0.717) is 11.7 Å². The van der Waals surface area contributed by atoms with Crippen LogP contribution < -0.4 is 5.32 Å². The lowest BCUT2D eigenvalue weighted by atomic mass is 9.92. The van der Waals surface area contributed by atoms with Crippen LogP contribution in [-0.4, -0.2) is 34.7 Å². The van der Waals surface area contributed by atoms with Crippen molar-refractivity contribution in [2.75, 3.05) is 7.05 Å².